The minimum Gasteiger partial charge on any atom is -0.389 e. The van der Waals surface area contributed by atoms with Gasteiger partial charge < -0.3 is 26.0 Å². The molecule has 1 amide bonds. The number of benzene rings is 1. The van der Waals surface area contributed by atoms with Gasteiger partial charge in [0.2, 0.25) is 0 Å². The van der Waals surface area contributed by atoms with Crippen LogP contribution in [0.3, 0.4) is 0 Å². The highest BCUT2D eigenvalue weighted by Crippen LogP contribution is 2.34. The standard InChI is InChI=1S/C20H25N7O2/c1-26(20(29)13-7-5-12(9-21)6-8-13)14-3-2-4-15(17(14)28)27-11-25-16-18(22)23-10-24-19(16)27/h5-8,10-11,14-15,17,28H,2-4,9,21H2,1H3,(H2,22,23,24)/t14-,15-,17-/m0/s1. The van der Waals surface area contributed by atoms with E-state index in [0.29, 0.717) is 29.1 Å². The summed E-state index contributed by atoms with van der Waals surface area (Å²) in [5, 5.41) is 11.1. The number of nitrogen functional groups attached to an aromatic ring is 1. The Morgan fingerprint density at radius 3 is 2.72 bits per heavy atom. The summed E-state index contributed by atoms with van der Waals surface area (Å²) in [7, 11) is 1.74. The number of imidazole rings is 1. The number of carbonyl (C=O) groups excluding carboxylic acids is 1. The number of hydrogen-bond donors (Lipinski definition) is 3. The molecule has 3 aromatic rings. The predicted molar refractivity (Wildman–Crippen MR) is 109 cm³/mol. The lowest BCUT2D eigenvalue weighted by atomic mass is 9.86. The van der Waals surface area contributed by atoms with Crippen molar-refractivity contribution in [3.8, 4) is 0 Å². The first-order chi connectivity index (χ1) is 14.0. The molecule has 2 aromatic heterocycles. The molecular formula is C20H25N7O2. The molecule has 29 heavy (non-hydrogen) atoms. The molecule has 0 unspecified atom stereocenters. The Kier molecular flexibility index (Phi) is 5.16. The lowest BCUT2D eigenvalue weighted by Crippen LogP contribution is -2.50. The van der Waals surface area contributed by atoms with Gasteiger partial charge in [-0.1, -0.05) is 12.1 Å². The average Bonchev–Trinajstić information content (AvgIpc) is 3.18. The zero-order valence-corrected chi connectivity index (χ0v) is 16.3. The SMILES string of the molecule is CN(C(=O)c1ccc(CN)cc1)[C@H]1CCC[C@H](n2cnc3c(N)ncnc32)[C@H]1O. The van der Waals surface area contributed by atoms with Gasteiger partial charge in [-0.05, 0) is 37.0 Å². The fourth-order valence-electron chi connectivity index (χ4n) is 4.11. The summed E-state index contributed by atoms with van der Waals surface area (Å²) >= 11 is 0. The molecule has 1 aromatic carbocycles. The third-order valence-corrected chi connectivity index (χ3v) is 5.79. The van der Waals surface area contributed by atoms with Crippen LogP contribution in [-0.2, 0) is 6.54 Å². The van der Waals surface area contributed by atoms with Crippen LogP contribution in [0, 0.1) is 0 Å². The fraction of sp³-hybridized carbons (Fsp3) is 0.400. The molecule has 0 bridgehead atoms. The van der Waals surface area contributed by atoms with Crippen LogP contribution < -0.4 is 11.5 Å². The topological polar surface area (TPSA) is 136 Å². The van der Waals surface area contributed by atoms with Gasteiger partial charge in [-0.3, -0.25) is 4.79 Å². The molecule has 0 aliphatic heterocycles. The molecule has 2 heterocycles. The maximum absolute atomic E-state index is 13.0. The molecule has 0 saturated heterocycles. The van der Waals surface area contributed by atoms with Crippen molar-refractivity contribution in [3.05, 3.63) is 48.0 Å². The minimum atomic E-state index is -0.755. The molecule has 9 heteroatoms. The summed E-state index contributed by atoms with van der Waals surface area (Å²) in [5.41, 5.74) is 14.2. The molecule has 1 aliphatic carbocycles. The van der Waals surface area contributed by atoms with Crippen LogP contribution in [0.2, 0.25) is 0 Å². The molecule has 3 atom stereocenters. The van der Waals surface area contributed by atoms with E-state index in [-0.39, 0.29) is 18.0 Å². The van der Waals surface area contributed by atoms with Gasteiger partial charge in [0.15, 0.2) is 11.5 Å². The number of fused-ring (bicyclic) bond motifs is 1. The summed E-state index contributed by atoms with van der Waals surface area (Å²) < 4.78 is 1.85. The average molecular weight is 395 g/mol. The highest BCUT2D eigenvalue weighted by Gasteiger charge is 2.37. The van der Waals surface area contributed by atoms with E-state index in [9.17, 15) is 9.90 Å². The number of anilines is 1. The van der Waals surface area contributed by atoms with Crippen LogP contribution in [0.15, 0.2) is 36.9 Å². The van der Waals surface area contributed by atoms with E-state index >= 15 is 0 Å². The number of likely N-dealkylation sites (N-methyl/N-ethyl adjacent to an activating group) is 1. The number of nitrogens with two attached hydrogens (primary N) is 2. The number of aliphatic hydroxyl groups is 1. The van der Waals surface area contributed by atoms with E-state index in [0.717, 1.165) is 24.8 Å². The number of carbonyl (C=O) groups is 1. The second-order valence-corrected chi connectivity index (χ2v) is 7.46. The van der Waals surface area contributed by atoms with Gasteiger partial charge in [0.05, 0.1) is 24.5 Å². The molecule has 0 radical (unpaired) electrons. The fourth-order valence-corrected chi connectivity index (χ4v) is 4.11. The first-order valence-corrected chi connectivity index (χ1v) is 9.68. The number of rotatable bonds is 4. The van der Waals surface area contributed by atoms with Gasteiger partial charge in [0.25, 0.3) is 5.91 Å². The van der Waals surface area contributed by atoms with Crippen LogP contribution in [0.5, 0.6) is 0 Å². The first-order valence-electron chi connectivity index (χ1n) is 9.68. The Balaban J connectivity index is 1.58. The van der Waals surface area contributed by atoms with Crippen LogP contribution >= 0.6 is 0 Å². The summed E-state index contributed by atoms with van der Waals surface area (Å²) in [6, 6.07) is 6.69. The molecule has 4 rings (SSSR count). The maximum atomic E-state index is 13.0. The third-order valence-electron chi connectivity index (χ3n) is 5.79. The second-order valence-electron chi connectivity index (χ2n) is 7.46. The molecule has 1 aliphatic rings. The van der Waals surface area contributed by atoms with E-state index in [1.54, 1.807) is 30.4 Å². The van der Waals surface area contributed by atoms with Gasteiger partial charge >= 0.3 is 0 Å². The van der Waals surface area contributed by atoms with E-state index in [1.807, 2.05) is 16.7 Å². The Bertz CT molecular complexity index is 1020. The number of aliphatic hydroxyl groups excluding tert-OH is 1. The van der Waals surface area contributed by atoms with Crippen molar-refractivity contribution in [2.24, 2.45) is 5.73 Å². The Morgan fingerprint density at radius 1 is 1.24 bits per heavy atom. The van der Waals surface area contributed by atoms with Gasteiger partial charge in [0, 0.05) is 19.2 Å². The lowest BCUT2D eigenvalue weighted by molar-refractivity contribution is 0.0000850. The zero-order chi connectivity index (χ0) is 20.5. The second kappa shape index (κ2) is 7.76. The Labute approximate surface area is 168 Å². The van der Waals surface area contributed by atoms with Crippen molar-refractivity contribution in [2.75, 3.05) is 12.8 Å². The maximum Gasteiger partial charge on any atom is 0.253 e. The molecule has 0 spiro atoms. The highest BCUT2D eigenvalue weighted by molar-refractivity contribution is 5.94. The molecule has 9 nitrogen and oxygen atoms in total. The summed E-state index contributed by atoms with van der Waals surface area (Å²) in [4.78, 5) is 27.2. The molecule has 152 valence electrons. The normalized spacial score (nSPS) is 22.0. The molecule has 1 saturated carbocycles. The van der Waals surface area contributed by atoms with Crippen LogP contribution in [0.1, 0.15) is 41.2 Å². The Hall–Kier alpha value is -3.04. The summed E-state index contributed by atoms with van der Waals surface area (Å²) in [6.45, 7) is 0.431. The van der Waals surface area contributed by atoms with Gasteiger partial charge in [-0.15, -0.1) is 0 Å². The van der Waals surface area contributed by atoms with E-state index in [2.05, 4.69) is 15.0 Å². The van der Waals surface area contributed by atoms with E-state index < -0.39 is 6.10 Å². The van der Waals surface area contributed by atoms with Crippen molar-refractivity contribution in [3.63, 3.8) is 0 Å². The monoisotopic (exact) mass is 395 g/mol. The number of nitrogens with zero attached hydrogens (tertiary/aromatic N) is 5. The van der Waals surface area contributed by atoms with Crippen LogP contribution in [0.4, 0.5) is 5.82 Å². The third kappa shape index (κ3) is 3.43. The van der Waals surface area contributed by atoms with Gasteiger partial charge in [0.1, 0.15) is 11.8 Å². The smallest absolute Gasteiger partial charge is 0.253 e. The van der Waals surface area contributed by atoms with Crippen molar-refractivity contribution < 1.29 is 9.90 Å². The predicted octanol–water partition coefficient (Wildman–Crippen LogP) is 1.09. The zero-order valence-electron chi connectivity index (χ0n) is 16.3. The van der Waals surface area contributed by atoms with E-state index in [4.69, 9.17) is 11.5 Å². The van der Waals surface area contributed by atoms with Crippen molar-refractivity contribution in [1.82, 2.24) is 24.4 Å². The summed E-state index contributed by atoms with van der Waals surface area (Å²) in [5.74, 6) is 0.184. The highest BCUT2D eigenvalue weighted by atomic mass is 16.3. The van der Waals surface area contributed by atoms with Gasteiger partial charge in [-0.2, -0.15) is 0 Å². The number of aromatic nitrogens is 4. The quantitative estimate of drug-likeness (QED) is 0.601. The van der Waals surface area contributed by atoms with Crippen LogP contribution in [0.25, 0.3) is 11.2 Å². The van der Waals surface area contributed by atoms with Crippen molar-refractivity contribution in [1.29, 1.82) is 0 Å². The molecule has 5 N–H and O–H groups in total. The molecular weight excluding hydrogens is 370 g/mol. The van der Waals surface area contributed by atoms with E-state index in [1.165, 1.54) is 6.33 Å². The number of amides is 1. The van der Waals surface area contributed by atoms with Crippen molar-refractivity contribution >= 4 is 22.9 Å². The first kappa shape index (κ1) is 19.3. The minimum absolute atomic E-state index is 0.125. The summed E-state index contributed by atoms with van der Waals surface area (Å²) in [6.07, 6.45) is 4.64. The Morgan fingerprint density at radius 2 is 2.00 bits per heavy atom. The van der Waals surface area contributed by atoms with Crippen molar-refractivity contribution in [2.45, 2.75) is 44.0 Å². The van der Waals surface area contributed by atoms with Crippen LogP contribution in [-0.4, -0.2) is 54.6 Å². The lowest BCUT2D eigenvalue weighted by Gasteiger charge is -2.40. The van der Waals surface area contributed by atoms with Gasteiger partial charge in [-0.25, -0.2) is 15.0 Å². The number of hydrogen-bond acceptors (Lipinski definition) is 7. The molecule has 1 fully saturated rings. The largest absolute Gasteiger partial charge is 0.389 e.